The zero-order valence-electron chi connectivity index (χ0n) is 15.4. The van der Waals surface area contributed by atoms with Crippen molar-refractivity contribution in [3.05, 3.63) is 52.8 Å². The molecule has 1 saturated carbocycles. The molecule has 1 fully saturated rings. The first-order valence-electron chi connectivity index (χ1n) is 8.79. The molecule has 0 radical (unpaired) electrons. The third-order valence-electron chi connectivity index (χ3n) is 4.67. The number of hydrogen-bond acceptors (Lipinski definition) is 5. The molecule has 146 valence electrons. The number of carbonyl (C=O) groups is 1. The summed E-state index contributed by atoms with van der Waals surface area (Å²) in [4.78, 5) is 18.6. The lowest BCUT2D eigenvalue weighted by atomic mass is 10.2. The van der Waals surface area contributed by atoms with Crippen LogP contribution in [0.4, 0.5) is 10.2 Å². The first kappa shape index (κ1) is 18.5. The summed E-state index contributed by atoms with van der Waals surface area (Å²) in [6, 6.07) is 8.99. The lowest BCUT2D eigenvalue weighted by Gasteiger charge is -2.20. The highest BCUT2D eigenvalue weighted by Crippen LogP contribution is 2.27. The first-order valence-corrected chi connectivity index (χ1v) is 9.17. The minimum absolute atomic E-state index is 0.244. The maximum Gasteiger partial charge on any atom is 0.257 e. The van der Waals surface area contributed by atoms with Crippen LogP contribution >= 0.6 is 11.6 Å². The molecule has 1 aliphatic rings. The van der Waals surface area contributed by atoms with E-state index in [1.165, 1.54) is 6.20 Å². The van der Waals surface area contributed by atoms with Crippen molar-refractivity contribution in [2.24, 2.45) is 0 Å². The van der Waals surface area contributed by atoms with Crippen LogP contribution in [0.1, 0.15) is 22.3 Å². The Morgan fingerprint density at radius 1 is 1.43 bits per heavy atom. The Kier molecular flexibility index (Phi) is 4.80. The van der Waals surface area contributed by atoms with Gasteiger partial charge in [-0.2, -0.15) is 9.61 Å². The molecule has 1 amide bonds. The minimum atomic E-state index is -0.978. The molecule has 1 aliphatic carbocycles. The van der Waals surface area contributed by atoms with Gasteiger partial charge in [0.15, 0.2) is 5.65 Å². The van der Waals surface area contributed by atoms with Crippen molar-refractivity contribution in [3.63, 3.8) is 0 Å². The fourth-order valence-corrected chi connectivity index (χ4v) is 3.17. The summed E-state index contributed by atoms with van der Waals surface area (Å²) in [5, 5.41) is 7.18. The molecule has 0 spiro atoms. The topological polar surface area (TPSA) is 71.8 Å². The van der Waals surface area contributed by atoms with E-state index >= 15 is 0 Å². The van der Waals surface area contributed by atoms with Crippen LogP contribution in [0.3, 0.4) is 0 Å². The zero-order chi connectivity index (χ0) is 19.8. The van der Waals surface area contributed by atoms with Gasteiger partial charge in [0.25, 0.3) is 5.91 Å². The van der Waals surface area contributed by atoms with Crippen LogP contribution in [0.15, 0.2) is 36.5 Å². The van der Waals surface area contributed by atoms with Crippen LogP contribution in [-0.4, -0.2) is 46.9 Å². The number of anilines is 1. The number of nitrogens with one attached hydrogen (secondary N) is 1. The third-order valence-corrected chi connectivity index (χ3v) is 4.86. The SMILES string of the molecule is COc1ccc(CN(C)c2cc(Cl)nc3c(C(=O)N[C@@H]4C[C@@H]4F)cnn23)cc1. The van der Waals surface area contributed by atoms with Gasteiger partial charge >= 0.3 is 0 Å². The van der Waals surface area contributed by atoms with E-state index in [0.29, 0.717) is 24.4 Å². The average Bonchev–Trinajstić information content (AvgIpc) is 3.20. The number of hydrogen-bond donors (Lipinski definition) is 1. The lowest BCUT2D eigenvalue weighted by molar-refractivity contribution is 0.0949. The van der Waals surface area contributed by atoms with Crippen molar-refractivity contribution in [3.8, 4) is 5.75 Å². The Hall–Kier alpha value is -2.87. The molecule has 4 rings (SSSR count). The quantitative estimate of drug-likeness (QED) is 0.641. The van der Waals surface area contributed by atoms with E-state index in [2.05, 4.69) is 15.4 Å². The van der Waals surface area contributed by atoms with Crippen LogP contribution in [-0.2, 0) is 6.54 Å². The van der Waals surface area contributed by atoms with Crippen molar-refractivity contribution in [2.45, 2.75) is 25.2 Å². The maximum atomic E-state index is 13.1. The molecule has 2 atom stereocenters. The molecule has 1 aromatic carbocycles. The van der Waals surface area contributed by atoms with Gasteiger partial charge in [-0.25, -0.2) is 9.37 Å². The van der Waals surface area contributed by atoms with Crippen LogP contribution in [0, 0.1) is 0 Å². The van der Waals surface area contributed by atoms with Crippen molar-refractivity contribution in [1.29, 1.82) is 0 Å². The number of methoxy groups -OCH3 is 1. The van der Waals surface area contributed by atoms with Gasteiger partial charge in [0, 0.05) is 26.1 Å². The second-order valence-electron chi connectivity index (χ2n) is 6.77. The number of benzene rings is 1. The second-order valence-corrected chi connectivity index (χ2v) is 7.15. The predicted molar refractivity (Wildman–Crippen MR) is 104 cm³/mol. The van der Waals surface area contributed by atoms with Crippen LogP contribution in [0.5, 0.6) is 5.75 Å². The van der Waals surface area contributed by atoms with Gasteiger partial charge in [0.1, 0.15) is 28.5 Å². The van der Waals surface area contributed by atoms with Gasteiger partial charge in [-0.3, -0.25) is 4.79 Å². The monoisotopic (exact) mass is 403 g/mol. The number of rotatable bonds is 6. The molecule has 3 aromatic rings. The van der Waals surface area contributed by atoms with Gasteiger partial charge in [0.05, 0.1) is 19.3 Å². The molecule has 0 unspecified atom stereocenters. The predicted octanol–water partition coefficient (Wildman–Crippen LogP) is 2.87. The van der Waals surface area contributed by atoms with Gasteiger partial charge in [-0.1, -0.05) is 23.7 Å². The normalized spacial score (nSPS) is 18.1. The van der Waals surface area contributed by atoms with Gasteiger partial charge in [-0.05, 0) is 17.7 Å². The van der Waals surface area contributed by atoms with Crippen molar-refractivity contribution in [2.75, 3.05) is 19.1 Å². The average molecular weight is 404 g/mol. The molecule has 2 heterocycles. The van der Waals surface area contributed by atoms with Gasteiger partial charge < -0.3 is 15.0 Å². The molecule has 9 heteroatoms. The van der Waals surface area contributed by atoms with Gasteiger partial charge in [0.2, 0.25) is 0 Å². The van der Waals surface area contributed by atoms with E-state index in [-0.39, 0.29) is 10.7 Å². The van der Waals surface area contributed by atoms with E-state index in [9.17, 15) is 9.18 Å². The molecule has 0 saturated heterocycles. The van der Waals surface area contributed by atoms with Crippen molar-refractivity contribution >= 4 is 29.0 Å². The summed E-state index contributed by atoms with van der Waals surface area (Å²) in [5.74, 6) is 1.06. The zero-order valence-corrected chi connectivity index (χ0v) is 16.2. The van der Waals surface area contributed by atoms with E-state index in [4.69, 9.17) is 16.3 Å². The second kappa shape index (κ2) is 7.27. The largest absolute Gasteiger partial charge is 0.497 e. The Morgan fingerprint density at radius 3 is 2.79 bits per heavy atom. The number of amides is 1. The van der Waals surface area contributed by atoms with Crippen LogP contribution in [0.25, 0.3) is 5.65 Å². The standard InChI is InChI=1S/C19H19ClFN5O2/c1-25(10-11-3-5-12(28-2)6-4-11)17-8-16(20)24-18-13(9-22-26(17)18)19(27)23-15-7-14(15)21/h3-6,8-9,14-15H,7,10H2,1-2H3,(H,23,27)/t14-,15+/m0/s1. The highest BCUT2D eigenvalue weighted by Gasteiger charge is 2.39. The molecule has 0 bridgehead atoms. The third kappa shape index (κ3) is 3.60. The minimum Gasteiger partial charge on any atom is -0.497 e. The fraction of sp³-hybridized carbons (Fsp3) is 0.316. The number of fused-ring (bicyclic) bond motifs is 1. The highest BCUT2D eigenvalue weighted by molar-refractivity contribution is 6.29. The summed E-state index contributed by atoms with van der Waals surface area (Å²) in [5.41, 5.74) is 1.66. The van der Waals surface area contributed by atoms with Crippen LogP contribution < -0.4 is 15.0 Å². The Balaban J connectivity index is 1.61. The highest BCUT2D eigenvalue weighted by atomic mass is 35.5. The number of nitrogens with zero attached hydrogens (tertiary/aromatic N) is 4. The number of ether oxygens (including phenoxy) is 1. The lowest BCUT2D eigenvalue weighted by Crippen LogP contribution is -2.27. The molecule has 2 aromatic heterocycles. The molecule has 7 nitrogen and oxygen atoms in total. The number of carbonyl (C=O) groups excluding carboxylic acids is 1. The van der Waals surface area contributed by atoms with Crippen LogP contribution in [0.2, 0.25) is 5.15 Å². The first-order chi connectivity index (χ1) is 13.5. The molecular weight excluding hydrogens is 385 g/mol. The number of aromatic nitrogens is 3. The summed E-state index contributed by atoms with van der Waals surface area (Å²) in [6.45, 7) is 0.590. The number of alkyl halides is 1. The van der Waals surface area contributed by atoms with Crippen molar-refractivity contribution in [1.82, 2.24) is 19.9 Å². The van der Waals surface area contributed by atoms with E-state index in [1.807, 2.05) is 36.2 Å². The van der Waals surface area contributed by atoms with E-state index < -0.39 is 18.1 Å². The molecule has 1 N–H and O–H groups in total. The summed E-state index contributed by atoms with van der Waals surface area (Å²) in [6.07, 6.45) is 0.789. The molecule has 0 aliphatic heterocycles. The Bertz CT molecular complexity index is 1020. The Labute approximate surface area is 166 Å². The summed E-state index contributed by atoms with van der Waals surface area (Å²) >= 11 is 6.20. The summed E-state index contributed by atoms with van der Waals surface area (Å²) < 4.78 is 19.8. The maximum absolute atomic E-state index is 13.1. The van der Waals surface area contributed by atoms with E-state index in [0.717, 1.165) is 11.3 Å². The van der Waals surface area contributed by atoms with Gasteiger partial charge in [-0.15, -0.1) is 0 Å². The van der Waals surface area contributed by atoms with E-state index in [1.54, 1.807) is 17.7 Å². The molecule has 28 heavy (non-hydrogen) atoms. The summed E-state index contributed by atoms with van der Waals surface area (Å²) in [7, 11) is 3.52. The van der Waals surface area contributed by atoms with Crippen molar-refractivity contribution < 1.29 is 13.9 Å². The number of halogens is 2. The fourth-order valence-electron chi connectivity index (χ4n) is 3.00. The smallest absolute Gasteiger partial charge is 0.257 e. The molecular formula is C19H19ClFN5O2. The Morgan fingerprint density at radius 2 is 2.14 bits per heavy atom.